The Hall–Kier alpha value is -1.98. The molecular formula is C15H17F2NO3. The molecule has 114 valence electrons. The molecule has 0 bridgehead atoms. The topological polar surface area (TPSA) is 57.6 Å². The number of hydrogen-bond acceptors (Lipinski definition) is 2. The molecule has 1 atom stereocenters. The van der Waals surface area contributed by atoms with E-state index in [9.17, 15) is 18.4 Å². The van der Waals surface area contributed by atoms with Crippen LogP contribution in [0.15, 0.2) is 18.2 Å². The third-order valence-corrected chi connectivity index (χ3v) is 3.74. The lowest BCUT2D eigenvalue weighted by Crippen LogP contribution is -2.44. The molecule has 4 nitrogen and oxygen atoms in total. The highest BCUT2D eigenvalue weighted by Gasteiger charge is 2.29. The quantitative estimate of drug-likeness (QED) is 0.929. The van der Waals surface area contributed by atoms with Crippen LogP contribution in [0.3, 0.4) is 0 Å². The molecule has 0 aromatic heterocycles. The number of carboxylic acid groups (broad SMARTS) is 1. The van der Waals surface area contributed by atoms with Crippen molar-refractivity contribution in [2.24, 2.45) is 0 Å². The first-order valence-corrected chi connectivity index (χ1v) is 6.97. The minimum absolute atomic E-state index is 0.0416. The van der Waals surface area contributed by atoms with Crippen LogP contribution in [0.5, 0.6) is 0 Å². The van der Waals surface area contributed by atoms with Gasteiger partial charge in [0.1, 0.15) is 11.6 Å². The molecule has 1 fully saturated rings. The third kappa shape index (κ3) is 3.77. The summed E-state index contributed by atoms with van der Waals surface area (Å²) in [6, 6.07) is 2.55. The third-order valence-electron chi connectivity index (χ3n) is 3.74. The van der Waals surface area contributed by atoms with E-state index in [2.05, 4.69) is 0 Å². The van der Waals surface area contributed by atoms with Crippen molar-refractivity contribution in [2.45, 2.75) is 38.1 Å². The number of amides is 1. The van der Waals surface area contributed by atoms with Crippen LogP contribution in [0.4, 0.5) is 8.78 Å². The Labute approximate surface area is 121 Å². The van der Waals surface area contributed by atoms with Crippen molar-refractivity contribution in [1.82, 2.24) is 4.90 Å². The van der Waals surface area contributed by atoms with E-state index in [4.69, 9.17) is 5.11 Å². The Morgan fingerprint density at radius 3 is 2.76 bits per heavy atom. The molecule has 6 heteroatoms. The summed E-state index contributed by atoms with van der Waals surface area (Å²) in [4.78, 5) is 24.6. The minimum atomic E-state index is -0.926. The van der Waals surface area contributed by atoms with Crippen LogP contribution in [0.1, 0.15) is 42.5 Å². The van der Waals surface area contributed by atoms with E-state index < -0.39 is 23.5 Å². The van der Waals surface area contributed by atoms with Gasteiger partial charge in [0.2, 0.25) is 0 Å². The second-order valence-corrected chi connectivity index (χ2v) is 5.20. The monoisotopic (exact) mass is 297 g/mol. The van der Waals surface area contributed by atoms with Gasteiger partial charge in [-0.2, -0.15) is 0 Å². The Kier molecular flexibility index (Phi) is 4.88. The Bertz CT molecular complexity index is 548. The average Bonchev–Trinajstić information content (AvgIpc) is 2.47. The van der Waals surface area contributed by atoms with E-state index in [0.29, 0.717) is 19.4 Å². The van der Waals surface area contributed by atoms with Crippen LogP contribution < -0.4 is 0 Å². The SMILES string of the molecule is O=C(O)CCC1CCCCN1C(=O)c1cc(F)ccc1F. The number of benzene rings is 1. The molecule has 1 aromatic rings. The maximum atomic E-state index is 13.7. The average molecular weight is 297 g/mol. The van der Waals surface area contributed by atoms with Gasteiger partial charge in [0.25, 0.3) is 5.91 Å². The maximum absolute atomic E-state index is 13.7. The zero-order chi connectivity index (χ0) is 15.4. The number of hydrogen-bond donors (Lipinski definition) is 1. The molecule has 1 N–H and O–H groups in total. The van der Waals surface area contributed by atoms with Gasteiger partial charge in [0.15, 0.2) is 0 Å². The van der Waals surface area contributed by atoms with Gasteiger partial charge in [0.05, 0.1) is 5.56 Å². The summed E-state index contributed by atoms with van der Waals surface area (Å²) >= 11 is 0. The van der Waals surface area contributed by atoms with Crippen LogP contribution in [0.2, 0.25) is 0 Å². The highest BCUT2D eigenvalue weighted by atomic mass is 19.1. The summed E-state index contributed by atoms with van der Waals surface area (Å²) in [6.07, 6.45) is 2.67. The molecule has 1 heterocycles. The predicted octanol–water partition coefficient (Wildman–Crippen LogP) is 2.82. The summed E-state index contributed by atoms with van der Waals surface area (Å²) in [5.74, 6) is -2.92. The fourth-order valence-electron chi connectivity index (χ4n) is 2.67. The molecule has 1 aliphatic heterocycles. The van der Waals surface area contributed by atoms with E-state index in [-0.39, 0.29) is 18.0 Å². The molecule has 0 radical (unpaired) electrons. The van der Waals surface area contributed by atoms with Gasteiger partial charge in [-0.3, -0.25) is 9.59 Å². The molecular weight excluding hydrogens is 280 g/mol. The van der Waals surface area contributed by atoms with Crippen molar-refractivity contribution in [3.63, 3.8) is 0 Å². The van der Waals surface area contributed by atoms with Gasteiger partial charge in [-0.25, -0.2) is 8.78 Å². The Balaban J connectivity index is 2.18. The first kappa shape index (κ1) is 15.4. The normalized spacial score (nSPS) is 18.6. The van der Waals surface area contributed by atoms with E-state index in [1.54, 1.807) is 0 Å². The van der Waals surface area contributed by atoms with Crippen LogP contribution in [0.25, 0.3) is 0 Å². The summed E-state index contributed by atoms with van der Waals surface area (Å²) in [7, 11) is 0. The molecule has 1 amide bonds. The van der Waals surface area contributed by atoms with Crippen molar-refractivity contribution in [3.05, 3.63) is 35.4 Å². The number of aliphatic carboxylic acids is 1. The van der Waals surface area contributed by atoms with Crippen LogP contribution >= 0.6 is 0 Å². The number of carbonyl (C=O) groups excluding carboxylic acids is 1. The fourth-order valence-corrected chi connectivity index (χ4v) is 2.67. The minimum Gasteiger partial charge on any atom is -0.481 e. The number of halogens is 2. The molecule has 1 saturated heterocycles. The van der Waals surface area contributed by atoms with Gasteiger partial charge >= 0.3 is 5.97 Å². The van der Waals surface area contributed by atoms with Crippen LogP contribution in [-0.2, 0) is 4.79 Å². The lowest BCUT2D eigenvalue weighted by Gasteiger charge is -2.35. The highest BCUT2D eigenvalue weighted by Crippen LogP contribution is 2.24. The zero-order valence-electron chi connectivity index (χ0n) is 11.5. The van der Waals surface area contributed by atoms with Crippen molar-refractivity contribution in [1.29, 1.82) is 0 Å². The molecule has 0 aliphatic carbocycles. The molecule has 1 aromatic carbocycles. The van der Waals surface area contributed by atoms with Crippen molar-refractivity contribution in [3.8, 4) is 0 Å². The Morgan fingerprint density at radius 1 is 1.29 bits per heavy atom. The summed E-state index contributed by atoms with van der Waals surface area (Å²) in [6.45, 7) is 0.444. The van der Waals surface area contributed by atoms with Gasteiger partial charge in [-0.1, -0.05) is 0 Å². The van der Waals surface area contributed by atoms with Crippen LogP contribution in [-0.4, -0.2) is 34.5 Å². The number of piperidine rings is 1. The second-order valence-electron chi connectivity index (χ2n) is 5.20. The van der Waals surface area contributed by atoms with Crippen LogP contribution in [0, 0.1) is 11.6 Å². The standard InChI is InChI=1S/C15H17F2NO3/c16-10-4-6-13(17)12(9-10)15(21)18-8-2-1-3-11(18)5-7-14(19)20/h4,6,9,11H,1-3,5,7-8H2,(H,19,20). The number of nitrogens with zero attached hydrogens (tertiary/aromatic N) is 1. The molecule has 1 aliphatic rings. The molecule has 0 saturated carbocycles. The fraction of sp³-hybridized carbons (Fsp3) is 0.467. The second kappa shape index (κ2) is 6.65. The molecule has 2 rings (SSSR count). The largest absolute Gasteiger partial charge is 0.481 e. The smallest absolute Gasteiger partial charge is 0.303 e. The summed E-state index contributed by atoms with van der Waals surface area (Å²) in [5, 5.41) is 8.75. The summed E-state index contributed by atoms with van der Waals surface area (Å²) in [5.41, 5.74) is -0.294. The van der Waals surface area contributed by atoms with Gasteiger partial charge in [0, 0.05) is 19.0 Å². The van der Waals surface area contributed by atoms with E-state index in [1.807, 2.05) is 0 Å². The lowest BCUT2D eigenvalue weighted by atomic mass is 9.97. The summed E-state index contributed by atoms with van der Waals surface area (Å²) < 4.78 is 26.9. The first-order chi connectivity index (χ1) is 9.99. The van der Waals surface area contributed by atoms with E-state index in [1.165, 1.54) is 4.90 Å². The zero-order valence-corrected chi connectivity index (χ0v) is 11.5. The van der Waals surface area contributed by atoms with E-state index in [0.717, 1.165) is 31.0 Å². The highest BCUT2D eigenvalue weighted by molar-refractivity contribution is 5.94. The number of rotatable bonds is 4. The van der Waals surface area contributed by atoms with Crippen molar-refractivity contribution in [2.75, 3.05) is 6.54 Å². The predicted molar refractivity (Wildman–Crippen MR) is 71.9 cm³/mol. The number of likely N-dealkylation sites (tertiary alicyclic amines) is 1. The molecule has 1 unspecified atom stereocenters. The van der Waals surface area contributed by atoms with Gasteiger partial charge in [-0.05, 0) is 43.9 Å². The first-order valence-electron chi connectivity index (χ1n) is 6.97. The lowest BCUT2D eigenvalue weighted by molar-refractivity contribution is -0.137. The van der Waals surface area contributed by atoms with Crippen molar-refractivity contribution >= 4 is 11.9 Å². The van der Waals surface area contributed by atoms with Gasteiger partial charge in [-0.15, -0.1) is 0 Å². The van der Waals surface area contributed by atoms with E-state index >= 15 is 0 Å². The van der Waals surface area contributed by atoms with Crippen molar-refractivity contribution < 1.29 is 23.5 Å². The van der Waals surface area contributed by atoms with Gasteiger partial charge < -0.3 is 10.0 Å². The molecule has 21 heavy (non-hydrogen) atoms. The maximum Gasteiger partial charge on any atom is 0.303 e. The molecule has 0 spiro atoms. The number of carboxylic acids is 1. The number of carbonyl (C=O) groups is 2. The Morgan fingerprint density at radius 2 is 2.05 bits per heavy atom.